The highest BCUT2D eigenvalue weighted by molar-refractivity contribution is 7.97. The molecule has 7 heteroatoms. The fourth-order valence-corrected chi connectivity index (χ4v) is 4.37. The summed E-state index contributed by atoms with van der Waals surface area (Å²) >= 11 is 7.72. The number of carbonyl (C=O) groups is 1. The number of rotatable bonds is 7. The number of benzene rings is 2. The van der Waals surface area contributed by atoms with Crippen LogP contribution in [-0.2, 0) is 16.0 Å². The molecule has 0 saturated carbocycles. The molecule has 1 heterocycles. The molecule has 3 rings (SSSR count). The molecule has 1 fully saturated rings. The van der Waals surface area contributed by atoms with Crippen LogP contribution in [-0.4, -0.2) is 43.7 Å². The van der Waals surface area contributed by atoms with E-state index in [1.165, 1.54) is 7.11 Å². The van der Waals surface area contributed by atoms with Crippen molar-refractivity contribution in [1.82, 2.24) is 4.31 Å². The molecule has 0 amide bonds. The van der Waals surface area contributed by atoms with E-state index in [0.717, 1.165) is 41.5 Å². The number of methoxy groups -OCH3 is 2. The molecule has 0 atom stereocenters. The summed E-state index contributed by atoms with van der Waals surface area (Å²) in [5.74, 6) is 0.111. The molecule has 1 aliphatic rings. The Hall–Kier alpha value is -1.73. The standard InChI is InChI=1S/C21H24ClNO4S/c1-25-20-8-3-15(13-19(20)21(24)26-2)14-23(17-9-11-27-12-10-17)28-18-6-4-16(22)5-7-18/h3-8,13,17H,9-12,14H2,1-2H3. The highest BCUT2D eigenvalue weighted by atomic mass is 35.5. The second kappa shape index (κ2) is 10.2. The van der Waals surface area contributed by atoms with Crippen molar-refractivity contribution in [2.45, 2.75) is 30.3 Å². The van der Waals surface area contributed by atoms with Gasteiger partial charge in [-0.3, -0.25) is 0 Å². The first-order valence-corrected chi connectivity index (χ1v) is 10.3. The van der Waals surface area contributed by atoms with Gasteiger partial charge in [-0.2, -0.15) is 0 Å². The van der Waals surface area contributed by atoms with Crippen LogP contribution in [0.4, 0.5) is 0 Å². The largest absolute Gasteiger partial charge is 0.496 e. The minimum atomic E-state index is -0.401. The summed E-state index contributed by atoms with van der Waals surface area (Å²) in [5.41, 5.74) is 1.46. The highest BCUT2D eigenvalue weighted by Gasteiger charge is 2.24. The van der Waals surface area contributed by atoms with Gasteiger partial charge < -0.3 is 14.2 Å². The minimum absolute atomic E-state index is 0.387. The van der Waals surface area contributed by atoms with Gasteiger partial charge in [0.1, 0.15) is 11.3 Å². The normalized spacial score (nSPS) is 14.9. The lowest BCUT2D eigenvalue weighted by Crippen LogP contribution is -2.34. The van der Waals surface area contributed by atoms with E-state index in [9.17, 15) is 4.79 Å². The summed E-state index contributed by atoms with van der Waals surface area (Å²) in [4.78, 5) is 13.2. The first kappa shape index (κ1) is 21.0. The first-order chi connectivity index (χ1) is 13.6. The summed E-state index contributed by atoms with van der Waals surface area (Å²) in [6, 6.07) is 13.9. The number of hydrogen-bond acceptors (Lipinski definition) is 6. The lowest BCUT2D eigenvalue weighted by molar-refractivity contribution is 0.0593. The zero-order valence-electron chi connectivity index (χ0n) is 16.0. The van der Waals surface area contributed by atoms with Crippen molar-refractivity contribution in [3.05, 3.63) is 58.6 Å². The summed E-state index contributed by atoms with van der Waals surface area (Å²) in [6.07, 6.45) is 1.95. The van der Waals surface area contributed by atoms with Crippen LogP contribution in [0.1, 0.15) is 28.8 Å². The fraction of sp³-hybridized carbons (Fsp3) is 0.381. The van der Waals surface area contributed by atoms with Crippen LogP contribution >= 0.6 is 23.5 Å². The van der Waals surface area contributed by atoms with Gasteiger partial charge in [-0.15, -0.1) is 0 Å². The van der Waals surface area contributed by atoms with E-state index < -0.39 is 5.97 Å². The van der Waals surface area contributed by atoms with Gasteiger partial charge in [-0.05, 0) is 66.8 Å². The molecule has 0 N–H and O–H groups in total. The van der Waals surface area contributed by atoms with Gasteiger partial charge in [0.25, 0.3) is 0 Å². The van der Waals surface area contributed by atoms with Crippen LogP contribution in [0.5, 0.6) is 5.75 Å². The Labute approximate surface area is 175 Å². The van der Waals surface area contributed by atoms with Crippen LogP contribution in [0.25, 0.3) is 0 Å². The Morgan fingerprint density at radius 3 is 2.54 bits per heavy atom. The smallest absolute Gasteiger partial charge is 0.341 e. The second-order valence-electron chi connectivity index (χ2n) is 6.49. The van der Waals surface area contributed by atoms with E-state index in [1.54, 1.807) is 19.1 Å². The van der Waals surface area contributed by atoms with E-state index >= 15 is 0 Å². The fourth-order valence-electron chi connectivity index (χ4n) is 3.14. The van der Waals surface area contributed by atoms with Crippen LogP contribution in [0, 0.1) is 0 Å². The maximum atomic E-state index is 12.1. The molecule has 2 aromatic carbocycles. The van der Waals surface area contributed by atoms with E-state index in [-0.39, 0.29) is 0 Å². The van der Waals surface area contributed by atoms with Crippen molar-refractivity contribution < 1.29 is 19.0 Å². The van der Waals surface area contributed by atoms with E-state index in [4.69, 9.17) is 25.8 Å². The van der Waals surface area contributed by atoms with Crippen molar-refractivity contribution in [3.63, 3.8) is 0 Å². The zero-order chi connectivity index (χ0) is 19.9. The summed E-state index contributed by atoms with van der Waals surface area (Å²) in [5, 5.41) is 0.722. The summed E-state index contributed by atoms with van der Waals surface area (Å²) in [6.45, 7) is 2.21. The third-order valence-corrected chi connectivity index (χ3v) is 6.04. The number of nitrogens with zero attached hydrogens (tertiary/aromatic N) is 1. The van der Waals surface area contributed by atoms with Gasteiger partial charge in [0, 0.05) is 35.7 Å². The first-order valence-electron chi connectivity index (χ1n) is 9.14. The predicted octanol–water partition coefficient (Wildman–Crippen LogP) is 4.82. The third-order valence-electron chi connectivity index (χ3n) is 4.64. The molecule has 0 unspecified atom stereocenters. The highest BCUT2D eigenvalue weighted by Crippen LogP contribution is 2.32. The van der Waals surface area contributed by atoms with Crippen molar-refractivity contribution in [1.29, 1.82) is 0 Å². The lowest BCUT2D eigenvalue weighted by atomic mass is 10.1. The van der Waals surface area contributed by atoms with Crippen LogP contribution in [0.15, 0.2) is 47.4 Å². The molecule has 1 aliphatic heterocycles. The molecule has 1 saturated heterocycles. The minimum Gasteiger partial charge on any atom is -0.496 e. The molecular weight excluding hydrogens is 398 g/mol. The average molecular weight is 422 g/mol. The quantitative estimate of drug-likeness (QED) is 0.471. The average Bonchev–Trinajstić information content (AvgIpc) is 2.74. The van der Waals surface area contributed by atoms with Gasteiger partial charge in [-0.1, -0.05) is 17.7 Å². The van der Waals surface area contributed by atoms with Crippen molar-refractivity contribution >= 4 is 29.5 Å². The van der Waals surface area contributed by atoms with Gasteiger partial charge in [0.2, 0.25) is 0 Å². The molecule has 0 bridgehead atoms. The Bertz CT molecular complexity index is 793. The van der Waals surface area contributed by atoms with Gasteiger partial charge in [0.05, 0.1) is 14.2 Å². The van der Waals surface area contributed by atoms with E-state index in [0.29, 0.717) is 23.9 Å². The molecule has 0 radical (unpaired) electrons. The summed E-state index contributed by atoms with van der Waals surface area (Å²) < 4.78 is 18.1. The monoisotopic (exact) mass is 421 g/mol. The van der Waals surface area contributed by atoms with Crippen molar-refractivity contribution in [2.24, 2.45) is 0 Å². The van der Waals surface area contributed by atoms with E-state index in [2.05, 4.69) is 4.31 Å². The van der Waals surface area contributed by atoms with E-state index in [1.807, 2.05) is 42.5 Å². The molecule has 0 aromatic heterocycles. The van der Waals surface area contributed by atoms with Gasteiger partial charge in [-0.25, -0.2) is 9.10 Å². The number of carbonyl (C=O) groups excluding carboxylic acids is 1. The zero-order valence-corrected chi connectivity index (χ0v) is 17.6. The van der Waals surface area contributed by atoms with Gasteiger partial charge >= 0.3 is 5.97 Å². The van der Waals surface area contributed by atoms with Gasteiger partial charge in [0.15, 0.2) is 0 Å². The molecule has 2 aromatic rings. The van der Waals surface area contributed by atoms with Crippen LogP contribution in [0.3, 0.4) is 0 Å². The number of hydrogen-bond donors (Lipinski definition) is 0. The predicted molar refractivity (Wildman–Crippen MR) is 111 cm³/mol. The lowest BCUT2D eigenvalue weighted by Gasteiger charge is -2.33. The Morgan fingerprint density at radius 2 is 1.89 bits per heavy atom. The second-order valence-corrected chi connectivity index (χ2v) is 8.05. The van der Waals surface area contributed by atoms with Crippen molar-refractivity contribution in [3.8, 4) is 5.75 Å². The molecule has 28 heavy (non-hydrogen) atoms. The summed E-state index contributed by atoms with van der Waals surface area (Å²) in [7, 11) is 2.92. The number of halogens is 1. The maximum Gasteiger partial charge on any atom is 0.341 e. The number of esters is 1. The third kappa shape index (κ3) is 5.41. The van der Waals surface area contributed by atoms with Crippen LogP contribution in [0.2, 0.25) is 5.02 Å². The van der Waals surface area contributed by atoms with Crippen molar-refractivity contribution in [2.75, 3.05) is 27.4 Å². The Morgan fingerprint density at radius 1 is 1.18 bits per heavy atom. The molecular formula is C21H24ClNO4S. The van der Waals surface area contributed by atoms with Crippen LogP contribution < -0.4 is 4.74 Å². The molecule has 0 aliphatic carbocycles. The molecule has 5 nitrogen and oxygen atoms in total. The Balaban J connectivity index is 1.83. The maximum absolute atomic E-state index is 12.1. The topological polar surface area (TPSA) is 48.0 Å². The molecule has 0 spiro atoms. The number of ether oxygens (including phenoxy) is 3. The SMILES string of the molecule is COC(=O)c1cc(CN(Sc2ccc(Cl)cc2)C2CCOCC2)ccc1OC. The molecule has 150 valence electrons. The Kier molecular flexibility index (Phi) is 7.62.